The van der Waals surface area contributed by atoms with E-state index >= 15 is 0 Å². The largest absolute Gasteiger partial charge is 0.350 e. The molecule has 1 aliphatic heterocycles. The summed E-state index contributed by atoms with van der Waals surface area (Å²) >= 11 is 0. The van der Waals surface area contributed by atoms with Gasteiger partial charge >= 0.3 is 0 Å². The number of rotatable bonds is 4. The maximum absolute atomic E-state index is 11.8. The molecule has 4 nitrogen and oxygen atoms in total. The van der Waals surface area contributed by atoms with E-state index in [2.05, 4.69) is 16.0 Å². The van der Waals surface area contributed by atoms with Crippen LogP contribution in [0.3, 0.4) is 0 Å². The van der Waals surface area contributed by atoms with Gasteiger partial charge in [-0.2, -0.15) is 0 Å². The van der Waals surface area contributed by atoms with Crippen LogP contribution in [-0.2, 0) is 4.79 Å². The molecule has 0 bridgehead atoms. The molecule has 17 heavy (non-hydrogen) atoms. The summed E-state index contributed by atoms with van der Waals surface area (Å²) in [6, 6.07) is -0.115. The van der Waals surface area contributed by atoms with Crippen molar-refractivity contribution in [3.63, 3.8) is 0 Å². The highest BCUT2D eigenvalue weighted by molar-refractivity contribution is 5.81. The summed E-state index contributed by atoms with van der Waals surface area (Å²) < 4.78 is 0. The maximum atomic E-state index is 11.8. The van der Waals surface area contributed by atoms with Crippen molar-refractivity contribution >= 4 is 5.91 Å². The second kappa shape index (κ2) is 6.36. The van der Waals surface area contributed by atoms with Crippen LogP contribution in [0.2, 0.25) is 0 Å². The molecule has 3 N–H and O–H groups in total. The predicted octanol–water partition coefficient (Wildman–Crippen LogP) is 0.879. The fraction of sp³-hybridized carbons (Fsp3) is 0.923. The molecule has 1 saturated heterocycles. The number of amides is 1. The Bertz CT molecular complexity index is 242. The summed E-state index contributed by atoms with van der Waals surface area (Å²) in [5.74, 6) is 0.745. The molecule has 0 aromatic rings. The van der Waals surface area contributed by atoms with Gasteiger partial charge < -0.3 is 16.0 Å². The number of piperidine rings is 1. The molecule has 1 aliphatic rings. The molecule has 100 valence electrons. The van der Waals surface area contributed by atoms with E-state index < -0.39 is 0 Å². The lowest BCUT2D eigenvalue weighted by Crippen LogP contribution is -2.51. The normalized spacial score (nSPS) is 23.2. The van der Waals surface area contributed by atoms with Crippen LogP contribution in [-0.4, -0.2) is 37.1 Å². The molecule has 2 unspecified atom stereocenters. The molecule has 1 rings (SSSR count). The summed E-state index contributed by atoms with van der Waals surface area (Å²) in [5, 5.41) is 9.70. The molecule has 1 fully saturated rings. The van der Waals surface area contributed by atoms with Crippen LogP contribution in [0, 0.1) is 5.92 Å². The van der Waals surface area contributed by atoms with Gasteiger partial charge in [-0.05, 0) is 66.1 Å². The fourth-order valence-corrected chi connectivity index (χ4v) is 2.01. The van der Waals surface area contributed by atoms with Gasteiger partial charge in [0.1, 0.15) is 0 Å². The minimum absolute atomic E-state index is 0.0845. The molecule has 1 heterocycles. The van der Waals surface area contributed by atoms with Crippen LogP contribution in [0.1, 0.15) is 40.5 Å². The van der Waals surface area contributed by atoms with Crippen molar-refractivity contribution < 1.29 is 4.79 Å². The third-order valence-corrected chi connectivity index (χ3v) is 3.00. The number of hydrogen-bond donors (Lipinski definition) is 3. The zero-order valence-electron chi connectivity index (χ0n) is 11.6. The fourth-order valence-electron chi connectivity index (χ4n) is 2.01. The third-order valence-electron chi connectivity index (χ3n) is 3.00. The van der Waals surface area contributed by atoms with E-state index in [1.807, 2.05) is 27.7 Å². The average Bonchev–Trinajstić information content (AvgIpc) is 2.25. The molecular weight excluding hydrogens is 214 g/mol. The van der Waals surface area contributed by atoms with Crippen LogP contribution in [0.15, 0.2) is 0 Å². The molecule has 0 aromatic heterocycles. The van der Waals surface area contributed by atoms with E-state index in [0.717, 1.165) is 19.6 Å². The lowest BCUT2D eigenvalue weighted by molar-refractivity contribution is -0.124. The summed E-state index contributed by atoms with van der Waals surface area (Å²) in [6.45, 7) is 11.1. The second-order valence-corrected chi connectivity index (χ2v) is 6.08. The van der Waals surface area contributed by atoms with Crippen molar-refractivity contribution in [3.8, 4) is 0 Å². The van der Waals surface area contributed by atoms with Gasteiger partial charge in [0.2, 0.25) is 5.91 Å². The molecule has 4 heteroatoms. The topological polar surface area (TPSA) is 53.2 Å². The minimum Gasteiger partial charge on any atom is -0.350 e. The highest BCUT2D eigenvalue weighted by atomic mass is 16.2. The SMILES string of the molecule is CC(NCC1CCCNC1)C(=O)NC(C)(C)C. The molecule has 1 amide bonds. The summed E-state index contributed by atoms with van der Waals surface area (Å²) in [6.07, 6.45) is 2.50. The standard InChI is InChI=1S/C13H27N3O/c1-10(12(17)16-13(2,3)4)15-9-11-6-5-7-14-8-11/h10-11,14-15H,5-9H2,1-4H3,(H,16,17). The van der Waals surface area contributed by atoms with Crippen LogP contribution in [0.4, 0.5) is 0 Å². The van der Waals surface area contributed by atoms with Crippen LogP contribution in [0.25, 0.3) is 0 Å². The first kappa shape index (κ1) is 14.5. The quantitative estimate of drug-likeness (QED) is 0.685. The zero-order valence-corrected chi connectivity index (χ0v) is 11.6. The predicted molar refractivity (Wildman–Crippen MR) is 71.0 cm³/mol. The summed E-state index contributed by atoms with van der Waals surface area (Å²) in [7, 11) is 0. The van der Waals surface area contributed by atoms with Crippen LogP contribution in [0.5, 0.6) is 0 Å². The van der Waals surface area contributed by atoms with Gasteiger partial charge in [-0.25, -0.2) is 0 Å². The first-order valence-electron chi connectivity index (χ1n) is 6.64. The van der Waals surface area contributed by atoms with Gasteiger partial charge in [0.25, 0.3) is 0 Å². The number of carbonyl (C=O) groups is 1. The van der Waals surface area contributed by atoms with Crippen LogP contribution >= 0.6 is 0 Å². The molecular formula is C13H27N3O. The van der Waals surface area contributed by atoms with Crippen LogP contribution < -0.4 is 16.0 Å². The lowest BCUT2D eigenvalue weighted by atomic mass is 9.99. The Morgan fingerprint density at radius 2 is 2.18 bits per heavy atom. The van der Waals surface area contributed by atoms with Crippen molar-refractivity contribution in [1.29, 1.82) is 0 Å². The van der Waals surface area contributed by atoms with Gasteiger partial charge in [0, 0.05) is 5.54 Å². The maximum Gasteiger partial charge on any atom is 0.237 e. The smallest absolute Gasteiger partial charge is 0.237 e. The van der Waals surface area contributed by atoms with E-state index in [4.69, 9.17) is 0 Å². The molecule has 0 spiro atoms. The second-order valence-electron chi connectivity index (χ2n) is 6.08. The molecule has 2 atom stereocenters. The highest BCUT2D eigenvalue weighted by Crippen LogP contribution is 2.08. The Hall–Kier alpha value is -0.610. The first-order valence-corrected chi connectivity index (χ1v) is 6.64. The van der Waals surface area contributed by atoms with E-state index in [1.54, 1.807) is 0 Å². The number of carbonyl (C=O) groups excluding carboxylic acids is 1. The number of nitrogens with one attached hydrogen (secondary N) is 3. The molecule has 0 aliphatic carbocycles. The minimum atomic E-state index is -0.153. The Morgan fingerprint density at radius 3 is 2.71 bits per heavy atom. The average molecular weight is 241 g/mol. The van der Waals surface area contributed by atoms with E-state index in [9.17, 15) is 4.79 Å². The monoisotopic (exact) mass is 241 g/mol. The highest BCUT2D eigenvalue weighted by Gasteiger charge is 2.20. The van der Waals surface area contributed by atoms with Gasteiger partial charge in [-0.1, -0.05) is 0 Å². The van der Waals surface area contributed by atoms with Crippen molar-refractivity contribution in [2.45, 2.75) is 52.1 Å². The first-order chi connectivity index (χ1) is 7.88. The van der Waals surface area contributed by atoms with Crippen molar-refractivity contribution in [3.05, 3.63) is 0 Å². The van der Waals surface area contributed by atoms with Gasteiger partial charge in [-0.3, -0.25) is 4.79 Å². The zero-order chi connectivity index (χ0) is 12.9. The van der Waals surface area contributed by atoms with Gasteiger partial charge in [0.15, 0.2) is 0 Å². The Labute approximate surface area is 105 Å². The van der Waals surface area contributed by atoms with E-state index in [1.165, 1.54) is 12.8 Å². The molecule has 0 aromatic carbocycles. The third kappa shape index (κ3) is 6.03. The Kier molecular flexibility index (Phi) is 5.40. The van der Waals surface area contributed by atoms with Gasteiger partial charge in [0.05, 0.1) is 6.04 Å². The van der Waals surface area contributed by atoms with Crippen molar-refractivity contribution in [2.24, 2.45) is 5.92 Å². The van der Waals surface area contributed by atoms with Crippen molar-refractivity contribution in [1.82, 2.24) is 16.0 Å². The van der Waals surface area contributed by atoms with E-state index in [0.29, 0.717) is 5.92 Å². The summed E-state index contributed by atoms with van der Waals surface area (Å²) in [4.78, 5) is 11.8. The molecule has 0 radical (unpaired) electrons. The van der Waals surface area contributed by atoms with E-state index in [-0.39, 0.29) is 17.5 Å². The summed E-state index contributed by atoms with van der Waals surface area (Å²) in [5.41, 5.74) is -0.153. The van der Waals surface area contributed by atoms with Gasteiger partial charge in [-0.15, -0.1) is 0 Å². The lowest BCUT2D eigenvalue weighted by Gasteiger charge is -2.27. The molecule has 0 saturated carbocycles. The number of hydrogen-bond acceptors (Lipinski definition) is 3. The Balaban J connectivity index is 2.23. The van der Waals surface area contributed by atoms with Crippen molar-refractivity contribution in [2.75, 3.05) is 19.6 Å². The Morgan fingerprint density at radius 1 is 1.47 bits per heavy atom.